The molecule has 0 radical (unpaired) electrons. The summed E-state index contributed by atoms with van der Waals surface area (Å²) in [6, 6.07) is 15.7. The number of benzene rings is 2. The maximum atomic E-state index is 12.0. The van der Waals surface area contributed by atoms with E-state index in [1.165, 1.54) is 5.56 Å². The van der Waals surface area contributed by atoms with Crippen LogP contribution in [-0.4, -0.2) is 12.5 Å². The molecule has 2 aromatic carbocycles. The van der Waals surface area contributed by atoms with Gasteiger partial charge < -0.3 is 10.1 Å². The molecule has 2 rings (SSSR count). The van der Waals surface area contributed by atoms with Crippen LogP contribution in [-0.2, 0) is 10.2 Å². The van der Waals surface area contributed by atoms with Crippen LogP contribution < -0.4 is 10.1 Å². The normalized spacial score (nSPS) is 12.5. The summed E-state index contributed by atoms with van der Waals surface area (Å²) in [7, 11) is 0. The molecule has 128 valence electrons. The van der Waals surface area contributed by atoms with E-state index in [9.17, 15) is 4.79 Å². The SMILES string of the molecule is C[C@H](NC(=O)COc1ccc(Br)cc1)c1ccc(C(C)(C)C)cc1. The third-order valence-electron chi connectivity index (χ3n) is 3.84. The number of nitrogens with one attached hydrogen (secondary N) is 1. The van der Waals surface area contributed by atoms with E-state index in [1.54, 1.807) is 0 Å². The molecule has 24 heavy (non-hydrogen) atoms. The zero-order valence-electron chi connectivity index (χ0n) is 14.6. The molecule has 0 aromatic heterocycles. The predicted molar refractivity (Wildman–Crippen MR) is 101 cm³/mol. The molecule has 0 aliphatic carbocycles. The van der Waals surface area contributed by atoms with Crippen molar-refractivity contribution in [3.05, 3.63) is 64.1 Å². The first-order valence-electron chi connectivity index (χ1n) is 8.04. The second kappa shape index (κ2) is 7.84. The Morgan fingerprint density at radius 1 is 1.08 bits per heavy atom. The van der Waals surface area contributed by atoms with Gasteiger partial charge in [0.1, 0.15) is 5.75 Å². The minimum atomic E-state index is -0.134. The summed E-state index contributed by atoms with van der Waals surface area (Å²) in [5.74, 6) is 0.542. The van der Waals surface area contributed by atoms with E-state index >= 15 is 0 Å². The minimum Gasteiger partial charge on any atom is -0.484 e. The van der Waals surface area contributed by atoms with Crippen molar-refractivity contribution in [1.82, 2.24) is 5.32 Å². The van der Waals surface area contributed by atoms with Crippen molar-refractivity contribution in [3.63, 3.8) is 0 Å². The molecule has 1 N–H and O–H groups in total. The molecule has 1 amide bonds. The number of carbonyl (C=O) groups excluding carboxylic acids is 1. The van der Waals surface area contributed by atoms with E-state index in [4.69, 9.17) is 4.74 Å². The average Bonchev–Trinajstić information content (AvgIpc) is 2.53. The Kier molecular flexibility index (Phi) is 6.05. The molecule has 0 spiro atoms. The molecule has 2 aromatic rings. The summed E-state index contributed by atoms with van der Waals surface area (Å²) in [6.07, 6.45) is 0. The van der Waals surface area contributed by atoms with Crippen molar-refractivity contribution in [3.8, 4) is 5.75 Å². The van der Waals surface area contributed by atoms with Crippen molar-refractivity contribution in [1.29, 1.82) is 0 Å². The molecule has 0 aliphatic rings. The lowest BCUT2D eigenvalue weighted by molar-refractivity contribution is -0.123. The molecule has 4 heteroatoms. The van der Waals surface area contributed by atoms with Gasteiger partial charge in [0, 0.05) is 4.47 Å². The van der Waals surface area contributed by atoms with Gasteiger partial charge in [-0.3, -0.25) is 4.79 Å². The summed E-state index contributed by atoms with van der Waals surface area (Å²) in [5, 5.41) is 2.96. The van der Waals surface area contributed by atoms with Gasteiger partial charge in [0.05, 0.1) is 6.04 Å². The number of rotatable bonds is 5. The van der Waals surface area contributed by atoms with Crippen LogP contribution in [0.15, 0.2) is 53.0 Å². The van der Waals surface area contributed by atoms with Crippen LogP contribution in [0.5, 0.6) is 5.75 Å². The number of amides is 1. The van der Waals surface area contributed by atoms with Gasteiger partial charge in [-0.1, -0.05) is 61.0 Å². The highest BCUT2D eigenvalue weighted by molar-refractivity contribution is 9.10. The number of hydrogen-bond donors (Lipinski definition) is 1. The Morgan fingerprint density at radius 2 is 1.67 bits per heavy atom. The van der Waals surface area contributed by atoms with Crippen LogP contribution in [0.1, 0.15) is 44.9 Å². The smallest absolute Gasteiger partial charge is 0.258 e. The van der Waals surface area contributed by atoms with Crippen LogP contribution in [0, 0.1) is 0 Å². The third-order valence-corrected chi connectivity index (χ3v) is 4.37. The maximum absolute atomic E-state index is 12.0. The van der Waals surface area contributed by atoms with Crippen LogP contribution in [0.4, 0.5) is 0 Å². The lowest BCUT2D eigenvalue weighted by atomic mass is 9.86. The fourth-order valence-electron chi connectivity index (χ4n) is 2.32. The Bertz CT molecular complexity index is 672. The summed E-state index contributed by atoms with van der Waals surface area (Å²) in [5.41, 5.74) is 2.49. The molecule has 3 nitrogen and oxygen atoms in total. The van der Waals surface area contributed by atoms with Crippen LogP contribution >= 0.6 is 15.9 Å². The Hall–Kier alpha value is -1.81. The zero-order chi connectivity index (χ0) is 17.7. The van der Waals surface area contributed by atoms with Gasteiger partial charge in [0.15, 0.2) is 6.61 Å². The van der Waals surface area contributed by atoms with Gasteiger partial charge in [-0.25, -0.2) is 0 Å². The van der Waals surface area contributed by atoms with E-state index in [1.807, 2.05) is 31.2 Å². The van der Waals surface area contributed by atoms with Crippen molar-refractivity contribution < 1.29 is 9.53 Å². The van der Waals surface area contributed by atoms with Gasteiger partial charge >= 0.3 is 0 Å². The standard InChI is InChI=1S/C20H24BrNO2/c1-14(15-5-7-16(8-6-15)20(2,3)4)22-19(23)13-24-18-11-9-17(21)10-12-18/h5-12,14H,13H2,1-4H3,(H,22,23)/t14-/m0/s1. The summed E-state index contributed by atoms with van der Waals surface area (Å²) in [4.78, 5) is 12.0. The Balaban J connectivity index is 1.88. The molecule has 0 saturated carbocycles. The van der Waals surface area contributed by atoms with Gasteiger partial charge in [-0.2, -0.15) is 0 Å². The summed E-state index contributed by atoms with van der Waals surface area (Å²) in [6.45, 7) is 8.54. The second-order valence-corrected chi connectivity index (χ2v) is 7.82. The topological polar surface area (TPSA) is 38.3 Å². The highest BCUT2D eigenvalue weighted by Gasteiger charge is 2.15. The van der Waals surface area contributed by atoms with Crippen LogP contribution in [0.25, 0.3) is 0 Å². The lowest BCUT2D eigenvalue weighted by Gasteiger charge is -2.20. The van der Waals surface area contributed by atoms with Crippen molar-refractivity contribution in [2.24, 2.45) is 0 Å². The first kappa shape index (κ1) is 18.5. The van der Waals surface area contributed by atoms with Crippen LogP contribution in [0.2, 0.25) is 0 Å². The van der Waals surface area contributed by atoms with Gasteiger partial charge in [0.25, 0.3) is 5.91 Å². The molecule has 0 heterocycles. The highest BCUT2D eigenvalue weighted by atomic mass is 79.9. The fourth-order valence-corrected chi connectivity index (χ4v) is 2.58. The molecule has 0 bridgehead atoms. The predicted octanol–water partition coefficient (Wildman–Crippen LogP) is 5.00. The average molecular weight is 390 g/mol. The van der Waals surface area contributed by atoms with E-state index < -0.39 is 0 Å². The maximum Gasteiger partial charge on any atom is 0.258 e. The van der Waals surface area contributed by atoms with Gasteiger partial charge in [-0.15, -0.1) is 0 Å². The summed E-state index contributed by atoms with van der Waals surface area (Å²) >= 11 is 3.37. The molecule has 1 atom stereocenters. The van der Waals surface area contributed by atoms with Crippen molar-refractivity contribution >= 4 is 21.8 Å². The molecule has 0 fully saturated rings. The van der Waals surface area contributed by atoms with E-state index in [2.05, 4.69) is 66.3 Å². The van der Waals surface area contributed by atoms with Crippen molar-refractivity contribution in [2.75, 3.05) is 6.61 Å². The number of carbonyl (C=O) groups is 1. The van der Waals surface area contributed by atoms with E-state index in [0.29, 0.717) is 5.75 Å². The van der Waals surface area contributed by atoms with E-state index in [0.717, 1.165) is 10.0 Å². The fraction of sp³-hybridized carbons (Fsp3) is 0.350. The number of halogens is 1. The van der Waals surface area contributed by atoms with Gasteiger partial charge in [0.2, 0.25) is 0 Å². The zero-order valence-corrected chi connectivity index (χ0v) is 16.2. The first-order chi connectivity index (χ1) is 11.3. The number of ether oxygens (including phenoxy) is 1. The molecular weight excluding hydrogens is 366 g/mol. The largest absolute Gasteiger partial charge is 0.484 e. The molecular formula is C20H24BrNO2. The summed E-state index contributed by atoms with van der Waals surface area (Å²) < 4.78 is 6.47. The first-order valence-corrected chi connectivity index (χ1v) is 8.83. The third kappa shape index (κ3) is 5.38. The van der Waals surface area contributed by atoms with Gasteiger partial charge in [-0.05, 0) is 47.7 Å². The molecule has 0 aliphatic heterocycles. The monoisotopic (exact) mass is 389 g/mol. The second-order valence-electron chi connectivity index (χ2n) is 6.90. The molecule has 0 unspecified atom stereocenters. The number of hydrogen-bond acceptors (Lipinski definition) is 2. The lowest BCUT2D eigenvalue weighted by Crippen LogP contribution is -2.31. The van der Waals surface area contributed by atoms with Crippen molar-refractivity contribution in [2.45, 2.75) is 39.2 Å². The van der Waals surface area contributed by atoms with E-state index in [-0.39, 0.29) is 24.0 Å². The minimum absolute atomic E-state index is 0.00600. The Labute approximate surface area is 152 Å². The van der Waals surface area contributed by atoms with Crippen LogP contribution in [0.3, 0.4) is 0 Å². The quantitative estimate of drug-likeness (QED) is 0.780. The highest BCUT2D eigenvalue weighted by Crippen LogP contribution is 2.24. The molecule has 0 saturated heterocycles. The Morgan fingerprint density at radius 3 is 2.21 bits per heavy atom.